The van der Waals surface area contributed by atoms with E-state index in [1.54, 1.807) is 6.07 Å². The summed E-state index contributed by atoms with van der Waals surface area (Å²) in [5, 5.41) is 4.89. The van der Waals surface area contributed by atoms with Gasteiger partial charge in [-0.05, 0) is 26.0 Å². The Hall–Kier alpha value is -1.61. The molecular weight excluding hydrogens is 236 g/mol. The molecule has 3 nitrogen and oxygen atoms in total. The second-order valence-corrected chi connectivity index (χ2v) is 4.50. The van der Waals surface area contributed by atoms with Gasteiger partial charge in [0, 0.05) is 16.6 Å². The standard InChI is InChI=1S/C13H13ClN2O/c1-9(2)16-13(7-10(8-17)15-16)11-5-3-4-6-12(11)14/h3-9H,1-2H3. The normalized spacial score (nSPS) is 10.8. The molecule has 88 valence electrons. The predicted octanol–water partition coefficient (Wildman–Crippen LogP) is 3.60. The van der Waals surface area contributed by atoms with Gasteiger partial charge in [-0.25, -0.2) is 0 Å². The van der Waals surface area contributed by atoms with E-state index in [0.717, 1.165) is 17.5 Å². The Morgan fingerprint density at radius 1 is 1.35 bits per heavy atom. The first-order valence-electron chi connectivity index (χ1n) is 5.43. The Morgan fingerprint density at radius 2 is 2.06 bits per heavy atom. The van der Waals surface area contributed by atoms with Crippen molar-refractivity contribution in [2.45, 2.75) is 19.9 Å². The number of carbonyl (C=O) groups is 1. The zero-order valence-electron chi connectivity index (χ0n) is 9.72. The number of carbonyl (C=O) groups excluding carboxylic acids is 1. The molecule has 0 unspecified atom stereocenters. The first-order chi connectivity index (χ1) is 8.13. The Kier molecular flexibility index (Phi) is 3.29. The van der Waals surface area contributed by atoms with Crippen molar-refractivity contribution in [2.75, 3.05) is 0 Å². The number of halogens is 1. The molecule has 1 heterocycles. The van der Waals surface area contributed by atoms with E-state index >= 15 is 0 Å². The minimum absolute atomic E-state index is 0.176. The summed E-state index contributed by atoms with van der Waals surface area (Å²) < 4.78 is 1.81. The molecule has 0 bridgehead atoms. The first-order valence-corrected chi connectivity index (χ1v) is 5.81. The quantitative estimate of drug-likeness (QED) is 0.778. The Labute approximate surface area is 105 Å². The van der Waals surface area contributed by atoms with Gasteiger partial charge in [0.2, 0.25) is 0 Å². The van der Waals surface area contributed by atoms with Crippen LogP contribution in [0.5, 0.6) is 0 Å². The van der Waals surface area contributed by atoms with E-state index in [9.17, 15) is 4.79 Å². The molecule has 0 saturated heterocycles. The maximum Gasteiger partial charge on any atom is 0.170 e. The van der Waals surface area contributed by atoms with Gasteiger partial charge in [0.15, 0.2) is 6.29 Å². The summed E-state index contributed by atoms with van der Waals surface area (Å²) >= 11 is 6.16. The van der Waals surface area contributed by atoms with Crippen LogP contribution in [0.3, 0.4) is 0 Å². The number of hydrogen-bond donors (Lipinski definition) is 0. The Morgan fingerprint density at radius 3 is 2.65 bits per heavy atom. The lowest BCUT2D eigenvalue weighted by molar-refractivity contribution is 0.111. The molecule has 0 saturated carbocycles. The summed E-state index contributed by atoms with van der Waals surface area (Å²) in [6.45, 7) is 4.03. The van der Waals surface area contributed by atoms with Crippen LogP contribution in [0.15, 0.2) is 30.3 Å². The molecule has 1 aromatic heterocycles. The molecule has 0 aliphatic rings. The highest BCUT2D eigenvalue weighted by Gasteiger charge is 2.13. The number of aromatic nitrogens is 2. The van der Waals surface area contributed by atoms with Gasteiger partial charge in [-0.15, -0.1) is 0 Å². The van der Waals surface area contributed by atoms with E-state index in [1.165, 1.54) is 0 Å². The maximum atomic E-state index is 10.8. The molecule has 0 N–H and O–H groups in total. The van der Waals surface area contributed by atoms with Gasteiger partial charge < -0.3 is 0 Å². The topological polar surface area (TPSA) is 34.9 Å². The molecule has 0 atom stereocenters. The van der Waals surface area contributed by atoms with Crippen molar-refractivity contribution in [3.8, 4) is 11.3 Å². The van der Waals surface area contributed by atoms with Crippen LogP contribution in [0.2, 0.25) is 5.02 Å². The van der Waals surface area contributed by atoms with Crippen LogP contribution in [0.4, 0.5) is 0 Å². The van der Waals surface area contributed by atoms with Gasteiger partial charge in [0.05, 0.1) is 5.69 Å². The van der Waals surface area contributed by atoms with Crippen LogP contribution < -0.4 is 0 Å². The van der Waals surface area contributed by atoms with Gasteiger partial charge in [0.25, 0.3) is 0 Å². The molecule has 2 rings (SSSR count). The third-order valence-electron chi connectivity index (χ3n) is 2.51. The number of hydrogen-bond acceptors (Lipinski definition) is 2. The fraction of sp³-hybridized carbons (Fsp3) is 0.231. The summed E-state index contributed by atoms with van der Waals surface area (Å²) in [7, 11) is 0. The largest absolute Gasteiger partial charge is 0.296 e. The zero-order valence-corrected chi connectivity index (χ0v) is 10.5. The van der Waals surface area contributed by atoms with E-state index in [0.29, 0.717) is 10.7 Å². The Balaban J connectivity index is 2.62. The monoisotopic (exact) mass is 248 g/mol. The highest BCUT2D eigenvalue weighted by molar-refractivity contribution is 6.33. The summed E-state index contributed by atoms with van der Waals surface area (Å²) in [6, 6.07) is 9.48. The molecule has 1 aromatic carbocycles. The molecule has 17 heavy (non-hydrogen) atoms. The van der Waals surface area contributed by atoms with Gasteiger partial charge >= 0.3 is 0 Å². The smallest absolute Gasteiger partial charge is 0.170 e. The lowest BCUT2D eigenvalue weighted by atomic mass is 10.1. The van der Waals surface area contributed by atoms with E-state index in [4.69, 9.17) is 11.6 Å². The highest BCUT2D eigenvalue weighted by Crippen LogP contribution is 2.29. The summed E-state index contributed by atoms with van der Waals surface area (Å²) in [4.78, 5) is 10.8. The van der Waals surface area contributed by atoms with Crippen molar-refractivity contribution in [3.63, 3.8) is 0 Å². The summed E-state index contributed by atoms with van der Waals surface area (Å²) in [5.41, 5.74) is 2.18. The third kappa shape index (κ3) is 2.24. The van der Waals surface area contributed by atoms with Crippen LogP contribution in [-0.4, -0.2) is 16.1 Å². The lowest BCUT2D eigenvalue weighted by Gasteiger charge is -2.11. The van der Waals surface area contributed by atoms with Crippen LogP contribution in [0.25, 0.3) is 11.3 Å². The predicted molar refractivity (Wildman–Crippen MR) is 68.4 cm³/mol. The fourth-order valence-corrected chi connectivity index (χ4v) is 1.97. The minimum atomic E-state index is 0.176. The number of nitrogens with zero attached hydrogens (tertiary/aromatic N) is 2. The van der Waals surface area contributed by atoms with Crippen molar-refractivity contribution >= 4 is 17.9 Å². The van der Waals surface area contributed by atoms with Gasteiger partial charge in [0.1, 0.15) is 5.69 Å². The summed E-state index contributed by atoms with van der Waals surface area (Å²) in [6.07, 6.45) is 0.749. The molecular formula is C13H13ClN2O. The second-order valence-electron chi connectivity index (χ2n) is 4.09. The van der Waals surface area contributed by atoms with Crippen molar-refractivity contribution in [3.05, 3.63) is 41.0 Å². The van der Waals surface area contributed by atoms with Crippen LogP contribution in [0, 0.1) is 0 Å². The molecule has 2 aromatic rings. The van der Waals surface area contributed by atoms with E-state index in [-0.39, 0.29) is 6.04 Å². The SMILES string of the molecule is CC(C)n1nc(C=O)cc1-c1ccccc1Cl. The van der Waals surface area contributed by atoms with Crippen molar-refractivity contribution in [2.24, 2.45) is 0 Å². The number of aldehydes is 1. The minimum Gasteiger partial charge on any atom is -0.296 e. The molecule has 0 amide bonds. The molecule has 0 fully saturated rings. The van der Waals surface area contributed by atoms with Crippen molar-refractivity contribution < 1.29 is 4.79 Å². The van der Waals surface area contributed by atoms with Gasteiger partial charge in [-0.2, -0.15) is 5.10 Å². The molecule has 0 radical (unpaired) electrons. The molecule has 0 aliphatic heterocycles. The van der Waals surface area contributed by atoms with Gasteiger partial charge in [-0.3, -0.25) is 9.48 Å². The zero-order chi connectivity index (χ0) is 12.4. The lowest BCUT2D eigenvalue weighted by Crippen LogP contribution is -2.05. The molecule has 4 heteroatoms. The maximum absolute atomic E-state index is 10.8. The second kappa shape index (κ2) is 4.72. The van der Waals surface area contributed by atoms with E-state index < -0.39 is 0 Å². The first kappa shape index (κ1) is 11.9. The van der Waals surface area contributed by atoms with Crippen LogP contribution >= 0.6 is 11.6 Å². The van der Waals surface area contributed by atoms with E-state index in [1.807, 2.05) is 42.8 Å². The molecule has 0 spiro atoms. The number of rotatable bonds is 3. The van der Waals surface area contributed by atoms with Gasteiger partial charge in [-0.1, -0.05) is 29.8 Å². The average molecular weight is 249 g/mol. The molecule has 0 aliphatic carbocycles. The van der Waals surface area contributed by atoms with Crippen LogP contribution in [-0.2, 0) is 0 Å². The Bertz CT molecular complexity index is 546. The van der Waals surface area contributed by atoms with Crippen LogP contribution in [0.1, 0.15) is 30.4 Å². The number of benzene rings is 1. The van der Waals surface area contributed by atoms with Crippen molar-refractivity contribution in [1.29, 1.82) is 0 Å². The highest BCUT2D eigenvalue weighted by atomic mass is 35.5. The fourth-order valence-electron chi connectivity index (χ4n) is 1.73. The average Bonchev–Trinajstić information content (AvgIpc) is 2.73. The van der Waals surface area contributed by atoms with Crippen molar-refractivity contribution in [1.82, 2.24) is 9.78 Å². The van der Waals surface area contributed by atoms with E-state index in [2.05, 4.69) is 5.10 Å². The third-order valence-corrected chi connectivity index (χ3v) is 2.84. The summed E-state index contributed by atoms with van der Waals surface area (Å²) in [5.74, 6) is 0.